The molecule has 0 aromatic carbocycles. The van der Waals surface area contributed by atoms with Gasteiger partial charge in [-0.15, -0.1) is 0 Å². The molecule has 0 aromatic heterocycles. The molecule has 8 heteroatoms. The SMILES string of the molecule is CC(C)[C@@H](C[Se]C[C@H]1O[C@@H]2OC(C)(C)O[C@@H]2[C@H]1O)NC(=O)OC(C)(C)C. The van der Waals surface area contributed by atoms with E-state index in [0.717, 1.165) is 10.6 Å². The van der Waals surface area contributed by atoms with Crippen molar-refractivity contribution in [2.24, 2.45) is 5.92 Å². The zero-order valence-electron chi connectivity index (χ0n) is 16.8. The first kappa shape index (κ1) is 21.9. The van der Waals surface area contributed by atoms with Gasteiger partial charge in [-0.2, -0.15) is 0 Å². The summed E-state index contributed by atoms with van der Waals surface area (Å²) in [5, 5.41) is 15.0. The molecule has 2 heterocycles. The number of aliphatic hydroxyl groups excluding tert-OH is 1. The Morgan fingerprint density at radius 1 is 1.31 bits per heavy atom. The Kier molecular flexibility index (Phi) is 7.02. The average Bonchev–Trinajstić information content (AvgIpc) is 2.89. The number of alkyl carbamates (subject to hydrolysis) is 1. The topological polar surface area (TPSA) is 86.3 Å². The number of hydrogen-bond donors (Lipinski definition) is 2. The normalized spacial score (nSPS) is 31.7. The summed E-state index contributed by atoms with van der Waals surface area (Å²) < 4.78 is 22.6. The van der Waals surface area contributed by atoms with E-state index < -0.39 is 29.9 Å². The fraction of sp³-hybridized carbons (Fsp3) is 0.944. The zero-order valence-corrected chi connectivity index (χ0v) is 18.5. The van der Waals surface area contributed by atoms with Crippen molar-refractivity contribution in [3.63, 3.8) is 0 Å². The van der Waals surface area contributed by atoms with Crippen molar-refractivity contribution in [3.8, 4) is 0 Å². The number of ether oxygens (including phenoxy) is 4. The summed E-state index contributed by atoms with van der Waals surface area (Å²) in [6.45, 7) is 13.3. The van der Waals surface area contributed by atoms with Gasteiger partial charge in [-0.1, -0.05) is 0 Å². The van der Waals surface area contributed by atoms with Gasteiger partial charge < -0.3 is 0 Å². The number of carbonyl (C=O) groups excluding carboxylic acids is 1. The van der Waals surface area contributed by atoms with Gasteiger partial charge in [0, 0.05) is 0 Å². The molecule has 2 N–H and O–H groups in total. The molecule has 7 nitrogen and oxygen atoms in total. The molecule has 2 aliphatic rings. The molecule has 0 unspecified atom stereocenters. The first-order valence-corrected chi connectivity index (χ1v) is 11.6. The first-order chi connectivity index (χ1) is 11.9. The van der Waals surface area contributed by atoms with Crippen LogP contribution in [-0.2, 0) is 18.9 Å². The van der Waals surface area contributed by atoms with Crippen LogP contribution < -0.4 is 5.32 Å². The second kappa shape index (κ2) is 8.33. The van der Waals surface area contributed by atoms with Gasteiger partial charge in [-0.05, 0) is 0 Å². The molecule has 2 fully saturated rings. The number of rotatable bonds is 6. The molecule has 2 saturated heterocycles. The predicted octanol–water partition coefficient (Wildman–Crippen LogP) is 2.31. The maximum absolute atomic E-state index is 12.0. The van der Waals surface area contributed by atoms with Crippen molar-refractivity contribution >= 4 is 21.1 Å². The Morgan fingerprint density at radius 3 is 2.50 bits per heavy atom. The first-order valence-electron chi connectivity index (χ1n) is 9.14. The van der Waals surface area contributed by atoms with E-state index in [1.54, 1.807) is 0 Å². The summed E-state index contributed by atoms with van der Waals surface area (Å²) in [6.07, 6.45) is -2.27. The van der Waals surface area contributed by atoms with E-state index in [2.05, 4.69) is 19.2 Å². The van der Waals surface area contributed by atoms with Gasteiger partial charge in [0.05, 0.1) is 0 Å². The van der Waals surface area contributed by atoms with Crippen LogP contribution in [0.25, 0.3) is 0 Å². The zero-order chi connectivity index (χ0) is 19.7. The molecule has 0 spiro atoms. The molecule has 0 radical (unpaired) electrons. The van der Waals surface area contributed by atoms with Crippen LogP contribution in [0.5, 0.6) is 0 Å². The summed E-state index contributed by atoms with van der Waals surface area (Å²) in [5.74, 6) is -0.419. The standard InChI is InChI=1S/C18H33NO6Se/c1-10(2)11(19-16(21)25-17(3,4)5)8-26-9-12-13(20)14-15(22-12)24-18(6,7)23-14/h10-15,20H,8-9H2,1-7H3,(H,19,21)/t11-,12-,13+,14-,15-/m1/s1. The minimum atomic E-state index is -0.716. The third-order valence-electron chi connectivity index (χ3n) is 4.20. The van der Waals surface area contributed by atoms with E-state index >= 15 is 0 Å². The fourth-order valence-corrected chi connectivity index (χ4v) is 5.73. The van der Waals surface area contributed by atoms with Crippen molar-refractivity contribution < 1.29 is 28.8 Å². The number of carbonyl (C=O) groups is 1. The Hall–Kier alpha value is -0.371. The third-order valence-corrected chi connectivity index (χ3v) is 6.63. The summed E-state index contributed by atoms with van der Waals surface area (Å²) in [5.41, 5.74) is -0.510. The Bertz CT molecular complexity index is 493. The number of hydrogen-bond acceptors (Lipinski definition) is 6. The summed E-state index contributed by atoms with van der Waals surface area (Å²) in [6, 6.07) is 0.0364. The van der Waals surface area contributed by atoms with Gasteiger partial charge in [0.2, 0.25) is 0 Å². The molecule has 0 aliphatic carbocycles. The van der Waals surface area contributed by atoms with Gasteiger partial charge in [-0.25, -0.2) is 0 Å². The van der Waals surface area contributed by atoms with Crippen molar-refractivity contribution in [3.05, 3.63) is 0 Å². The predicted molar refractivity (Wildman–Crippen MR) is 98.1 cm³/mol. The van der Waals surface area contributed by atoms with E-state index in [9.17, 15) is 9.90 Å². The summed E-state index contributed by atoms with van der Waals surface area (Å²) in [4.78, 5) is 12.0. The number of amides is 1. The minimum absolute atomic E-state index is 0.0364. The second-order valence-corrected chi connectivity index (χ2v) is 10.9. The third kappa shape index (κ3) is 6.08. The van der Waals surface area contributed by atoms with Crippen molar-refractivity contribution in [2.75, 3.05) is 0 Å². The van der Waals surface area contributed by atoms with Gasteiger partial charge in [0.25, 0.3) is 0 Å². The molecule has 0 saturated carbocycles. The van der Waals surface area contributed by atoms with E-state index in [1.165, 1.54) is 0 Å². The number of nitrogens with one attached hydrogen (secondary N) is 1. The van der Waals surface area contributed by atoms with Crippen LogP contribution in [0.4, 0.5) is 4.79 Å². The van der Waals surface area contributed by atoms with Crippen LogP contribution in [0.3, 0.4) is 0 Å². The number of aliphatic hydroxyl groups is 1. The van der Waals surface area contributed by atoms with Gasteiger partial charge in [0.15, 0.2) is 0 Å². The fourth-order valence-electron chi connectivity index (χ4n) is 2.87. The van der Waals surface area contributed by atoms with Crippen LogP contribution in [0, 0.1) is 5.92 Å². The van der Waals surface area contributed by atoms with E-state index in [1.807, 2.05) is 34.6 Å². The maximum atomic E-state index is 12.0. The van der Waals surface area contributed by atoms with E-state index in [-0.39, 0.29) is 33.2 Å². The van der Waals surface area contributed by atoms with E-state index in [0.29, 0.717) is 5.92 Å². The van der Waals surface area contributed by atoms with Crippen molar-refractivity contribution in [1.29, 1.82) is 0 Å². The van der Waals surface area contributed by atoms with Crippen LogP contribution in [0.2, 0.25) is 10.6 Å². The monoisotopic (exact) mass is 439 g/mol. The molecule has 152 valence electrons. The van der Waals surface area contributed by atoms with Crippen LogP contribution in [0.15, 0.2) is 0 Å². The van der Waals surface area contributed by atoms with Gasteiger partial charge in [-0.3, -0.25) is 0 Å². The van der Waals surface area contributed by atoms with Crippen molar-refractivity contribution in [2.45, 2.75) is 101 Å². The molecule has 0 bridgehead atoms. The van der Waals surface area contributed by atoms with Crippen LogP contribution in [0.1, 0.15) is 48.5 Å². The van der Waals surface area contributed by atoms with Crippen LogP contribution >= 0.6 is 0 Å². The summed E-state index contributed by atoms with van der Waals surface area (Å²) in [7, 11) is 0. The van der Waals surface area contributed by atoms with Crippen molar-refractivity contribution in [1.82, 2.24) is 5.32 Å². The second-order valence-electron chi connectivity index (χ2n) is 8.67. The van der Waals surface area contributed by atoms with Gasteiger partial charge in [0.1, 0.15) is 0 Å². The molecule has 5 atom stereocenters. The molecule has 1 amide bonds. The van der Waals surface area contributed by atoms with Gasteiger partial charge >= 0.3 is 162 Å². The molecule has 2 rings (SSSR count). The Labute approximate surface area is 162 Å². The molecular weight excluding hydrogens is 405 g/mol. The Balaban J connectivity index is 1.77. The quantitative estimate of drug-likeness (QED) is 0.619. The Morgan fingerprint density at radius 2 is 1.96 bits per heavy atom. The molecule has 2 aliphatic heterocycles. The molecular formula is C18H33NO6Se. The molecule has 0 aromatic rings. The molecule has 26 heavy (non-hydrogen) atoms. The number of fused-ring (bicyclic) bond motifs is 1. The average molecular weight is 438 g/mol. The van der Waals surface area contributed by atoms with Crippen LogP contribution in [-0.4, -0.2) is 68.2 Å². The van der Waals surface area contributed by atoms with E-state index in [4.69, 9.17) is 18.9 Å². The summed E-state index contributed by atoms with van der Waals surface area (Å²) >= 11 is 0.198.